The lowest BCUT2D eigenvalue weighted by Gasteiger charge is -2.20. The molecule has 0 spiro atoms. The zero-order chi connectivity index (χ0) is 15.1. The molecule has 0 saturated carbocycles. The fourth-order valence-corrected chi connectivity index (χ4v) is 2.36. The molecule has 0 bridgehead atoms. The van der Waals surface area contributed by atoms with Gasteiger partial charge >= 0.3 is 6.61 Å². The molecule has 1 saturated heterocycles. The number of nitrogens with zero attached hydrogens (tertiary/aromatic N) is 1. The molecule has 0 radical (unpaired) electrons. The van der Waals surface area contributed by atoms with Crippen LogP contribution >= 0.6 is 0 Å². The summed E-state index contributed by atoms with van der Waals surface area (Å²) in [5.41, 5.74) is 0.708. The Bertz CT molecular complexity index is 443. The van der Waals surface area contributed by atoms with Crippen molar-refractivity contribution in [2.24, 2.45) is 0 Å². The second kappa shape index (κ2) is 7.81. The van der Waals surface area contributed by atoms with E-state index in [1.807, 2.05) is 4.90 Å². The summed E-state index contributed by atoms with van der Waals surface area (Å²) < 4.78 is 28.3. The molecule has 0 atom stereocenters. The number of rotatable bonds is 5. The van der Waals surface area contributed by atoms with E-state index in [9.17, 15) is 13.6 Å². The average Bonchev–Trinajstić information content (AvgIpc) is 2.75. The van der Waals surface area contributed by atoms with Crippen LogP contribution in [0.15, 0.2) is 24.3 Å². The number of halogens is 2. The van der Waals surface area contributed by atoms with Crippen LogP contribution in [0.4, 0.5) is 14.5 Å². The van der Waals surface area contributed by atoms with Crippen LogP contribution < -0.4 is 10.1 Å². The van der Waals surface area contributed by atoms with Gasteiger partial charge in [-0.15, -0.1) is 0 Å². The van der Waals surface area contributed by atoms with Crippen molar-refractivity contribution in [3.8, 4) is 5.75 Å². The van der Waals surface area contributed by atoms with Crippen molar-refractivity contribution in [2.75, 3.05) is 25.0 Å². The van der Waals surface area contributed by atoms with E-state index >= 15 is 0 Å². The Labute approximate surface area is 123 Å². The molecule has 1 aromatic carbocycles. The van der Waals surface area contributed by atoms with Crippen molar-refractivity contribution in [3.05, 3.63) is 24.3 Å². The number of alkyl halides is 2. The summed E-state index contributed by atoms with van der Waals surface area (Å²) in [5, 5.41) is 3.01. The molecular weight excluding hydrogens is 278 g/mol. The molecule has 1 N–H and O–H groups in total. The van der Waals surface area contributed by atoms with Crippen LogP contribution in [0.25, 0.3) is 0 Å². The molecule has 116 valence electrons. The number of likely N-dealkylation sites (tertiary alicyclic amines) is 1. The first-order valence-corrected chi connectivity index (χ1v) is 7.21. The molecule has 1 aliphatic heterocycles. The topological polar surface area (TPSA) is 41.6 Å². The minimum absolute atomic E-state index is 0.0739. The van der Waals surface area contributed by atoms with Gasteiger partial charge < -0.3 is 15.0 Å². The minimum Gasteiger partial charge on any atom is -0.435 e. The van der Waals surface area contributed by atoms with Gasteiger partial charge in [-0.3, -0.25) is 4.79 Å². The van der Waals surface area contributed by atoms with Gasteiger partial charge in [0.15, 0.2) is 0 Å². The van der Waals surface area contributed by atoms with E-state index in [1.54, 1.807) is 12.1 Å². The number of hydrogen-bond donors (Lipinski definition) is 1. The summed E-state index contributed by atoms with van der Waals surface area (Å²) in [4.78, 5) is 14.0. The third-order valence-electron chi connectivity index (χ3n) is 3.48. The Morgan fingerprint density at radius 1 is 1.14 bits per heavy atom. The average molecular weight is 298 g/mol. The predicted octanol–water partition coefficient (Wildman–Crippen LogP) is 3.10. The molecule has 2 rings (SSSR count). The van der Waals surface area contributed by atoms with Gasteiger partial charge in [-0.2, -0.15) is 8.78 Å². The summed E-state index contributed by atoms with van der Waals surface area (Å²) in [6, 6.07) is 6.14. The van der Waals surface area contributed by atoms with Crippen molar-refractivity contribution in [1.82, 2.24) is 4.90 Å². The minimum atomic E-state index is -2.83. The van der Waals surface area contributed by atoms with Gasteiger partial charge in [-0.1, -0.05) is 12.8 Å². The van der Waals surface area contributed by atoms with Gasteiger partial charge in [-0.25, -0.2) is 0 Å². The largest absolute Gasteiger partial charge is 0.435 e. The van der Waals surface area contributed by atoms with Crippen LogP contribution in [0, 0.1) is 0 Å². The van der Waals surface area contributed by atoms with Gasteiger partial charge in [0.1, 0.15) is 5.75 Å². The van der Waals surface area contributed by atoms with Crippen LogP contribution in [0.2, 0.25) is 0 Å². The zero-order valence-corrected chi connectivity index (χ0v) is 11.9. The summed E-state index contributed by atoms with van der Waals surface area (Å²) >= 11 is 0. The second-order valence-electron chi connectivity index (χ2n) is 5.05. The maximum atomic E-state index is 12.1. The van der Waals surface area contributed by atoms with Crippen LogP contribution in [-0.4, -0.2) is 37.1 Å². The number of nitrogens with one attached hydrogen (secondary N) is 1. The normalized spacial score (nSPS) is 15.7. The lowest BCUT2D eigenvalue weighted by molar-refractivity contribution is -0.129. The monoisotopic (exact) mass is 298 g/mol. The first-order chi connectivity index (χ1) is 10.1. The summed E-state index contributed by atoms with van der Waals surface area (Å²) in [5.74, 6) is 0.180. The van der Waals surface area contributed by atoms with Gasteiger partial charge in [0.25, 0.3) is 0 Å². The zero-order valence-electron chi connectivity index (χ0n) is 11.9. The molecular formula is C15H20F2N2O2. The van der Waals surface area contributed by atoms with Crippen LogP contribution in [0.1, 0.15) is 25.7 Å². The van der Waals surface area contributed by atoms with Crippen molar-refractivity contribution in [2.45, 2.75) is 32.3 Å². The number of carbonyl (C=O) groups excluding carboxylic acids is 1. The van der Waals surface area contributed by atoms with Gasteiger partial charge in [0.05, 0.1) is 6.54 Å². The van der Waals surface area contributed by atoms with E-state index < -0.39 is 6.61 Å². The van der Waals surface area contributed by atoms with E-state index in [2.05, 4.69) is 10.1 Å². The fourth-order valence-electron chi connectivity index (χ4n) is 2.36. The van der Waals surface area contributed by atoms with Crippen molar-refractivity contribution >= 4 is 11.6 Å². The van der Waals surface area contributed by atoms with E-state index in [4.69, 9.17) is 0 Å². The third kappa shape index (κ3) is 5.21. The Hall–Kier alpha value is -1.85. The maximum absolute atomic E-state index is 12.1. The van der Waals surface area contributed by atoms with Crippen LogP contribution in [0.5, 0.6) is 5.75 Å². The highest BCUT2D eigenvalue weighted by Gasteiger charge is 2.14. The molecule has 0 aromatic heterocycles. The molecule has 4 nitrogen and oxygen atoms in total. The van der Waals surface area contributed by atoms with Crippen LogP contribution in [0.3, 0.4) is 0 Å². The number of anilines is 1. The van der Waals surface area contributed by atoms with Crippen molar-refractivity contribution < 1.29 is 18.3 Å². The smallest absolute Gasteiger partial charge is 0.387 e. The molecule has 21 heavy (non-hydrogen) atoms. The highest BCUT2D eigenvalue weighted by Crippen LogP contribution is 2.17. The predicted molar refractivity (Wildman–Crippen MR) is 76.6 cm³/mol. The van der Waals surface area contributed by atoms with E-state index in [0.29, 0.717) is 5.69 Å². The lowest BCUT2D eigenvalue weighted by atomic mass is 10.2. The second-order valence-corrected chi connectivity index (χ2v) is 5.05. The number of amides is 1. The highest BCUT2D eigenvalue weighted by molar-refractivity contribution is 5.80. The Kier molecular flexibility index (Phi) is 5.78. The molecule has 1 aromatic rings. The van der Waals surface area contributed by atoms with Gasteiger partial charge in [-0.05, 0) is 37.1 Å². The molecule has 1 fully saturated rings. The SMILES string of the molecule is O=C(CNc1ccc(OC(F)F)cc1)N1CCCCCC1. The number of carbonyl (C=O) groups is 1. The fraction of sp³-hybridized carbons (Fsp3) is 0.533. The quantitative estimate of drug-likeness (QED) is 0.908. The number of benzene rings is 1. The summed E-state index contributed by atoms with van der Waals surface area (Å²) in [7, 11) is 0. The maximum Gasteiger partial charge on any atom is 0.387 e. The lowest BCUT2D eigenvalue weighted by Crippen LogP contribution is -2.36. The molecule has 0 aliphatic carbocycles. The summed E-state index contributed by atoms with van der Waals surface area (Å²) in [6.45, 7) is -0.966. The first kappa shape index (κ1) is 15.5. The number of ether oxygens (including phenoxy) is 1. The van der Waals surface area contributed by atoms with Crippen molar-refractivity contribution in [3.63, 3.8) is 0 Å². The van der Waals surface area contributed by atoms with Crippen LogP contribution in [-0.2, 0) is 4.79 Å². The molecule has 0 unspecified atom stereocenters. The molecule has 1 aliphatic rings. The number of hydrogen-bond acceptors (Lipinski definition) is 3. The summed E-state index contributed by atoms with van der Waals surface area (Å²) in [6.07, 6.45) is 4.49. The van der Waals surface area contributed by atoms with E-state index in [0.717, 1.165) is 25.9 Å². The first-order valence-electron chi connectivity index (χ1n) is 7.21. The molecule has 1 amide bonds. The Morgan fingerprint density at radius 2 is 1.76 bits per heavy atom. The van der Waals surface area contributed by atoms with Gasteiger partial charge in [0.2, 0.25) is 5.91 Å². The molecule has 6 heteroatoms. The van der Waals surface area contributed by atoms with Gasteiger partial charge in [0, 0.05) is 18.8 Å². The Morgan fingerprint density at radius 3 is 2.33 bits per heavy atom. The third-order valence-corrected chi connectivity index (χ3v) is 3.48. The Balaban J connectivity index is 1.80. The van der Waals surface area contributed by atoms with E-state index in [-0.39, 0.29) is 18.2 Å². The molecule has 1 heterocycles. The van der Waals surface area contributed by atoms with Crippen molar-refractivity contribution in [1.29, 1.82) is 0 Å². The van der Waals surface area contributed by atoms with E-state index in [1.165, 1.54) is 25.0 Å². The highest BCUT2D eigenvalue weighted by atomic mass is 19.3. The standard InChI is InChI=1S/C15H20F2N2O2/c16-15(17)21-13-7-5-12(6-8-13)18-11-14(20)19-9-3-1-2-4-10-19/h5-8,15,18H,1-4,9-11H2.